The molecule has 262 valence electrons. The maximum atomic E-state index is 5.09. The van der Waals surface area contributed by atoms with E-state index in [1.54, 1.807) is 0 Å². The van der Waals surface area contributed by atoms with Gasteiger partial charge < -0.3 is 9.13 Å². The van der Waals surface area contributed by atoms with E-state index in [1.165, 1.54) is 54.7 Å². The zero-order valence-electron chi connectivity index (χ0n) is 30.5. The molecule has 0 fully saturated rings. The minimum Gasteiger partial charge on any atom is -0.309 e. The maximum Gasteiger partial charge on any atom is 0.0715 e. The minimum atomic E-state index is 0.963. The molecule has 0 unspecified atom stereocenters. The van der Waals surface area contributed by atoms with Gasteiger partial charge in [-0.3, -0.25) is 0 Å². The van der Waals surface area contributed by atoms with Crippen molar-refractivity contribution in [1.82, 2.24) is 14.1 Å². The second kappa shape index (κ2) is 13.1. The van der Waals surface area contributed by atoms with Crippen LogP contribution < -0.4 is 0 Å². The van der Waals surface area contributed by atoms with Crippen molar-refractivity contribution in [2.45, 2.75) is 0 Å². The fourth-order valence-electron chi connectivity index (χ4n) is 8.45. The molecule has 0 aliphatic carbocycles. The Balaban J connectivity index is 1.02. The number of fused-ring (bicyclic) bond motifs is 6. The molecule has 3 aromatic heterocycles. The van der Waals surface area contributed by atoms with E-state index >= 15 is 0 Å². The van der Waals surface area contributed by atoms with Crippen LogP contribution in [0.15, 0.2) is 212 Å². The number of pyridine rings is 1. The van der Waals surface area contributed by atoms with Gasteiger partial charge in [0.05, 0.1) is 33.5 Å². The lowest BCUT2D eigenvalue weighted by Crippen LogP contribution is -1.95. The predicted molar refractivity (Wildman–Crippen MR) is 235 cm³/mol. The topological polar surface area (TPSA) is 22.8 Å². The first kappa shape index (κ1) is 32.0. The Morgan fingerprint density at radius 3 is 1.34 bits per heavy atom. The van der Waals surface area contributed by atoms with Gasteiger partial charge in [-0.15, -0.1) is 0 Å². The number of benzene rings is 8. The first-order valence-corrected chi connectivity index (χ1v) is 19.1. The molecule has 0 aliphatic heterocycles. The molecule has 8 aromatic carbocycles. The van der Waals surface area contributed by atoms with Gasteiger partial charge in [0.15, 0.2) is 0 Å². The third kappa shape index (κ3) is 5.32. The van der Waals surface area contributed by atoms with E-state index in [4.69, 9.17) is 4.98 Å². The number of aromatic nitrogens is 3. The molecule has 56 heavy (non-hydrogen) atoms. The van der Waals surface area contributed by atoms with Gasteiger partial charge in [0.1, 0.15) is 0 Å². The minimum absolute atomic E-state index is 0.963. The van der Waals surface area contributed by atoms with Gasteiger partial charge in [0, 0.05) is 44.0 Å². The summed E-state index contributed by atoms with van der Waals surface area (Å²) >= 11 is 0. The lowest BCUT2D eigenvalue weighted by atomic mass is 9.99. The Labute approximate surface area is 325 Å². The van der Waals surface area contributed by atoms with Crippen LogP contribution in [0.3, 0.4) is 0 Å². The molecule has 3 heteroatoms. The molecule has 3 nitrogen and oxygen atoms in total. The molecule has 11 rings (SSSR count). The van der Waals surface area contributed by atoms with Crippen molar-refractivity contribution in [2.75, 3.05) is 0 Å². The number of rotatable bonds is 6. The first-order valence-electron chi connectivity index (χ1n) is 19.1. The van der Waals surface area contributed by atoms with Crippen molar-refractivity contribution in [3.05, 3.63) is 212 Å². The molecule has 0 bridgehead atoms. The zero-order chi connectivity index (χ0) is 37.0. The zero-order valence-corrected chi connectivity index (χ0v) is 30.5. The Morgan fingerprint density at radius 2 is 0.696 bits per heavy atom. The summed E-state index contributed by atoms with van der Waals surface area (Å²) in [4.78, 5) is 5.09. The molecule has 11 aromatic rings. The van der Waals surface area contributed by atoms with E-state index in [0.29, 0.717) is 0 Å². The summed E-state index contributed by atoms with van der Waals surface area (Å²) in [5.41, 5.74) is 15.9. The first-order chi connectivity index (χ1) is 27.8. The van der Waals surface area contributed by atoms with Crippen LogP contribution >= 0.6 is 0 Å². The van der Waals surface area contributed by atoms with Gasteiger partial charge in [-0.2, -0.15) is 0 Å². The average Bonchev–Trinajstić information content (AvgIpc) is 3.79. The highest BCUT2D eigenvalue weighted by atomic mass is 15.0. The summed E-state index contributed by atoms with van der Waals surface area (Å²) in [5, 5.41) is 5.00. The molecule has 0 amide bonds. The fourth-order valence-corrected chi connectivity index (χ4v) is 8.45. The molecule has 0 aliphatic rings. The highest BCUT2D eigenvalue weighted by molar-refractivity contribution is 6.12. The lowest BCUT2D eigenvalue weighted by molar-refractivity contribution is 1.18. The summed E-state index contributed by atoms with van der Waals surface area (Å²) < 4.78 is 4.78. The van der Waals surface area contributed by atoms with Crippen LogP contribution in [0.25, 0.3) is 99.8 Å². The monoisotopic (exact) mass is 713 g/mol. The largest absolute Gasteiger partial charge is 0.309 e. The standard InChI is InChI=1S/C53H35N3/c1-4-14-37(15-5-1)48-33-41(34-49(54-48)38-16-6-2-7-17-38)36-24-28-43(29-25-36)55-51-23-13-11-21-45(51)47-32-39(27-31-52(47)55)40-26-30-46-44-20-10-12-22-50(44)56(53(46)35-40)42-18-8-3-9-19-42/h1-35H. The Bertz CT molecular complexity index is 3150. The third-order valence-corrected chi connectivity index (χ3v) is 11.1. The van der Waals surface area contributed by atoms with Crippen molar-refractivity contribution in [3.63, 3.8) is 0 Å². The number of hydrogen-bond acceptors (Lipinski definition) is 1. The second-order valence-corrected chi connectivity index (χ2v) is 14.4. The Morgan fingerprint density at radius 1 is 0.250 bits per heavy atom. The van der Waals surface area contributed by atoms with Crippen LogP contribution in [0.4, 0.5) is 0 Å². The average molecular weight is 714 g/mol. The van der Waals surface area contributed by atoms with Crippen LogP contribution in [0.1, 0.15) is 0 Å². The van der Waals surface area contributed by atoms with Crippen LogP contribution in [-0.4, -0.2) is 14.1 Å². The summed E-state index contributed by atoms with van der Waals surface area (Å²) in [6, 6.07) is 76.2. The van der Waals surface area contributed by atoms with Crippen molar-refractivity contribution in [3.8, 4) is 56.1 Å². The van der Waals surface area contributed by atoms with Crippen LogP contribution in [0.5, 0.6) is 0 Å². The maximum absolute atomic E-state index is 5.09. The molecular weight excluding hydrogens is 679 g/mol. The SMILES string of the molecule is c1ccc(-c2cc(-c3ccc(-n4c5ccccc5c5cc(-c6ccc7c8ccccc8n(-c8ccccc8)c7c6)ccc54)cc3)cc(-c3ccccc3)n2)cc1. The van der Waals surface area contributed by atoms with Gasteiger partial charge in [-0.25, -0.2) is 4.98 Å². The molecule has 0 atom stereocenters. The normalized spacial score (nSPS) is 11.6. The third-order valence-electron chi connectivity index (χ3n) is 11.1. The number of hydrogen-bond donors (Lipinski definition) is 0. The molecule has 0 spiro atoms. The molecule has 0 saturated carbocycles. The highest BCUT2D eigenvalue weighted by Gasteiger charge is 2.17. The fraction of sp³-hybridized carbons (Fsp3) is 0. The van der Waals surface area contributed by atoms with E-state index in [-0.39, 0.29) is 0 Å². The Kier molecular flexibility index (Phi) is 7.49. The summed E-state index contributed by atoms with van der Waals surface area (Å²) in [7, 11) is 0. The number of nitrogens with zero attached hydrogens (tertiary/aromatic N) is 3. The molecule has 0 N–H and O–H groups in total. The molecule has 0 radical (unpaired) electrons. The second-order valence-electron chi connectivity index (χ2n) is 14.4. The quantitative estimate of drug-likeness (QED) is 0.168. The summed E-state index contributed by atoms with van der Waals surface area (Å²) in [6.07, 6.45) is 0. The van der Waals surface area contributed by atoms with E-state index < -0.39 is 0 Å². The van der Waals surface area contributed by atoms with Crippen LogP contribution in [0, 0.1) is 0 Å². The van der Waals surface area contributed by atoms with Gasteiger partial charge in [-0.05, 0) is 89.0 Å². The molecular formula is C53H35N3. The molecule has 3 heterocycles. The van der Waals surface area contributed by atoms with Crippen LogP contribution in [-0.2, 0) is 0 Å². The van der Waals surface area contributed by atoms with E-state index in [0.717, 1.165) is 45.0 Å². The van der Waals surface area contributed by atoms with E-state index in [2.05, 4.69) is 209 Å². The molecule has 0 saturated heterocycles. The van der Waals surface area contributed by atoms with Gasteiger partial charge in [-0.1, -0.05) is 146 Å². The van der Waals surface area contributed by atoms with E-state index in [1.807, 2.05) is 12.1 Å². The van der Waals surface area contributed by atoms with Crippen molar-refractivity contribution in [2.24, 2.45) is 0 Å². The van der Waals surface area contributed by atoms with Gasteiger partial charge >= 0.3 is 0 Å². The van der Waals surface area contributed by atoms with Crippen molar-refractivity contribution in [1.29, 1.82) is 0 Å². The predicted octanol–water partition coefficient (Wildman–Crippen LogP) is 13.9. The van der Waals surface area contributed by atoms with Gasteiger partial charge in [0.25, 0.3) is 0 Å². The lowest BCUT2D eigenvalue weighted by Gasteiger charge is -2.12. The summed E-state index contributed by atoms with van der Waals surface area (Å²) in [5.74, 6) is 0. The van der Waals surface area contributed by atoms with Crippen molar-refractivity contribution >= 4 is 43.6 Å². The van der Waals surface area contributed by atoms with Crippen LogP contribution in [0.2, 0.25) is 0 Å². The number of para-hydroxylation sites is 3. The van der Waals surface area contributed by atoms with Crippen molar-refractivity contribution < 1.29 is 0 Å². The highest BCUT2D eigenvalue weighted by Crippen LogP contribution is 2.39. The van der Waals surface area contributed by atoms with Gasteiger partial charge in [0.2, 0.25) is 0 Å². The van der Waals surface area contributed by atoms with E-state index in [9.17, 15) is 0 Å². The smallest absolute Gasteiger partial charge is 0.0715 e. The summed E-state index contributed by atoms with van der Waals surface area (Å²) in [6.45, 7) is 0. The Hall–Kier alpha value is -7.49.